The van der Waals surface area contributed by atoms with E-state index in [2.05, 4.69) is 27.1 Å². The fourth-order valence-corrected chi connectivity index (χ4v) is 3.48. The number of nitrogens with one attached hydrogen (secondary N) is 1. The molecule has 1 amide bonds. The van der Waals surface area contributed by atoms with Crippen molar-refractivity contribution in [1.29, 1.82) is 0 Å². The molecular formula is C22H27F2N3O2. The Bertz CT molecular complexity index is 776. The molecule has 0 aliphatic carbocycles. The van der Waals surface area contributed by atoms with Gasteiger partial charge in [0.15, 0.2) is 0 Å². The Kier molecular flexibility index (Phi) is 7.55. The maximum absolute atomic E-state index is 12.3. The van der Waals surface area contributed by atoms with Gasteiger partial charge < -0.3 is 10.1 Å². The fourth-order valence-electron chi connectivity index (χ4n) is 3.48. The summed E-state index contributed by atoms with van der Waals surface area (Å²) in [6.45, 7) is 1.20. The van der Waals surface area contributed by atoms with Gasteiger partial charge in [0.2, 0.25) is 5.91 Å². The molecule has 0 bridgehead atoms. The number of hydrogen-bond donors (Lipinski definition) is 1. The molecule has 0 unspecified atom stereocenters. The van der Waals surface area contributed by atoms with E-state index in [1.165, 1.54) is 30.5 Å². The van der Waals surface area contributed by atoms with Crippen molar-refractivity contribution in [3.63, 3.8) is 0 Å². The number of carbonyl (C=O) groups excluding carboxylic acids is 1. The number of anilines is 1. The summed E-state index contributed by atoms with van der Waals surface area (Å²) < 4.78 is 28.7. The van der Waals surface area contributed by atoms with Gasteiger partial charge >= 0.3 is 6.61 Å². The van der Waals surface area contributed by atoms with Gasteiger partial charge in [-0.2, -0.15) is 8.78 Å². The third-order valence-corrected chi connectivity index (χ3v) is 4.86. The normalized spacial score (nSPS) is 14.5. The van der Waals surface area contributed by atoms with Crippen molar-refractivity contribution in [3.05, 3.63) is 59.7 Å². The van der Waals surface area contributed by atoms with Crippen LogP contribution in [-0.2, 0) is 17.9 Å². The maximum Gasteiger partial charge on any atom is 0.387 e. The smallest absolute Gasteiger partial charge is 0.387 e. The molecule has 1 fully saturated rings. The number of rotatable bonds is 9. The number of carbonyl (C=O) groups is 1. The second kappa shape index (κ2) is 10.3. The highest BCUT2D eigenvalue weighted by molar-refractivity contribution is 5.92. The highest BCUT2D eigenvalue weighted by Crippen LogP contribution is 2.17. The van der Waals surface area contributed by atoms with Gasteiger partial charge in [-0.3, -0.25) is 14.6 Å². The Morgan fingerprint density at radius 3 is 2.31 bits per heavy atom. The predicted octanol–water partition coefficient (Wildman–Crippen LogP) is 3.95. The van der Waals surface area contributed by atoms with Gasteiger partial charge in [-0.1, -0.05) is 24.3 Å². The summed E-state index contributed by atoms with van der Waals surface area (Å²) in [5, 5.41) is 2.91. The zero-order valence-corrected chi connectivity index (χ0v) is 16.6. The van der Waals surface area contributed by atoms with Crippen LogP contribution in [0.15, 0.2) is 48.5 Å². The van der Waals surface area contributed by atoms with Crippen LogP contribution >= 0.6 is 0 Å². The number of amides is 1. The van der Waals surface area contributed by atoms with Crippen molar-refractivity contribution in [2.24, 2.45) is 0 Å². The van der Waals surface area contributed by atoms with Crippen molar-refractivity contribution in [1.82, 2.24) is 9.80 Å². The Hall–Kier alpha value is -2.51. The van der Waals surface area contributed by atoms with Crippen LogP contribution in [0.1, 0.15) is 24.0 Å². The molecule has 0 spiro atoms. The van der Waals surface area contributed by atoms with E-state index < -0.39 is 6.61 Å². The molecule has 29 heavy (non-hydrogen) atoms. The number of likely N-dealkylation sites (tertiary alicyclic amines) is 1. The van der Waals surface area contributed by atoms with Gasteiger partial charge in [0.05, 0.1) is 6.54 Å². The van der Waals surface area contributed by atoms with E-state index in [4.69, 9.17) is 0 Å². The summed E-state index contributed by atoms with van der Waals surface area (Å²) in [4.78, 5) is 16.6. The van der Waals surface area contributed by atoms with E-state index in [9.17, 15) is 13.6 Å². The molecule has 2 aromatic carbocycles. The Morgan fingerprint density at radius 1 is 1.07 bits per heavy atom. The van der Waals surface area contributed by atoms with Crippen LogP contribution < -0.4 is 10.1 Å². The van der Waals surface area contributed by atoms with Gasteiger partial charge in [0.25, 0.3) is 0 Å². The van der Waals surface area contributed by atoms with E-state index >= 15 is 0 Å². The Labute approximate surface area is 170 Å². The van der Waals surface area contributed by atoms with E-state index in [-0.39, 0.29) is 18.2 Å². The van der Waals surface area contributed by atoms with Crippen LogP contribution in [-0.4, -0.2) is 49.0 Å². The lowest BCUT2D eigenvalue weighted by atomic mass is 10.2. The van der Waals surface area contributed by atoms with Crippen molar-refractivity contribution in [2.75, 3.05) is 32.0 Å². The van der Waals surface area contributed by atoms with Crippen LogP contribution in [0, 0.1) is 0 Å². The first-order chi connectivity index (χ1) is 14.0. The molecule has 5 nitrogen and oxygen atoms in total. The second-order valence-electron chi connectivity index (χ2n) is 7.42. The summed E-state index contributed by atoms with van der Waals surface area (Å²) in [6, 6.07) is 14.4. The number of alkyl halides is 2. The van der Waals surface area contributed by atoms with E-state index in [0.29, 0.717) is 6.54 Å². The zero-order chi connectivity index (χ0) is 20.6. The summed E-state index contributed by atoms with van der Waals surface area (Å²) in [6.07, 6.45) is 2.55. The molecule has 1 saturated heterocycles. The molecule has 156 valence electrons. The van der Waals surface area contributed by atoms with E-state index in [0.717, 1.165) is 30.9 Å². The Morgan fingerprint density at radius 2 is 1.69 bits per heavy atom. The largest absolute Gasteiger partial charge is 0.435 e. The fraction of sp³-hybridized carbons (Fsp3) is 0.409. The molecule has 0 saturated carbocycles. The number of likely N-dealkylation sites (N-methyl/N-ethyl adjacent to an activating group) is 1. The molecular weight excluding hydrogens is 376 g/mol. The first-order valence-electron chi connectivity index (χ1n) is 9.81. The number of halogens is 2. The summed E-state index contributed by atoms with van der Waals surface area (Å²) in [5.74, 6) is 0.0229. The van der Waals surface area contributed by atoms with Crippen LogP contribution in [0.5, 0.6) is 5.75 Å². The van der Waals surface area contributed by atoms with Crippen LogP contribution in [0.3, 0.4) is 0 Å². The average Bonchev–Trinajstić information content (AvgIpc) is 3.17. The van der Waals surface area contributed by atoms with E-state index in [1.807, 2.05) is 24.1 Å². The lowest BCUT2D eigenvalue weighted by Gasteiger charge is -2.17. The lowest BCUT2D eigenvalue weighted by Crippen LogP contribution is -2.29. The van der Waals surface area contributed by atoms with Crippen molar-refractivity contribution in [2.45, 2.75) is 32.5 Å². The van der Waals surface area contributed by atoms with Crippen LogP contribution in [0.2, 0.25) is 0 Å². The molecule has 1 aliphatic rings. The molecule has 1 heterocycles. The van der Waals surface area contributed by atoms with Gasteiger partial charge in [-0.05, 0) is 68.4 Å². The average molecular weight is 403 g/mol. The van der Waals surface area contributed by atoms with Crippen LogP contribution in [0.25, 0.3) is 0 Å². The van der Waals surface area contributed by atoms with Crippen molar-refractivity contribution < 1.29 is 18.3 Å². The first kappa shape index (κ1) is 21.2. The molecule has 1 aliphatic heterocycles. The highest BCUT2D eigenvalue weighted by atomic mass is 19.3. The summed E-state index contributed by atoms with van der Waals surface area (Å²) in [7, 11) is 1.84. The molecule has 0 radical (unpaired) electrons. The standard InChI is InChI=1S/C22H27F2N3O2/c1-26(14-17-6-10-20(11-7-17)29-22(23)24)16-21(28)25-19-8-4-18(5-9-19)15-27-12-2-3-13-27/h4-11,22H,2-3,12-16H2,1H3,(H,25,28). The van der Waals surface area contributed by atoms with E-state index in [1.54, 1.807) is 12.1 Å². The molecule has 0 aromatic heterocycles. The minimum Gasteiger partial charge on any atom is -0.435 e. The molecule has 2 aromatic rings. The lowest BCUT2D eigenvalue weighted by molar-refractivity contribution is -0.117. The summed E-state index contributed by atoms with van der Waals surface area (Å²) >= 11 is 0. The number of ether oxygens (including phenoxy) is 1. The monoisotopic (exact) mass is 403 g/mol. The topological polar surface area (TPSA) is 44.8 Å². The van der Waals surface area contributed by atoms with Crippen molar-refractivity contribution >= 4 is 11.6 Å². The van der Waals surface area contributed by atoms with Gasteiger partial charge in [-0.25, -0.2) is 0 Å². The quantitative estimate of drug-likeness (QED) is 0.689. The highest BCUT2D eigenvalue weighted by Gasteiger charge is 2.12. The van der Waals surface area contributed by atoms with Crippen LogP contribution in [0.4, 0.5) is 14.5 Å². The summed E-state index contributed by atoms with van der Waals surface area (Å²) in [5.41, 5.74) is 2.94. The number of hydrogen-bond acceptors (Lipinski definition) is 4. The zero-order valence-electron chi connectivity index (χ0n) is 16.6. The van der Waals surface area contributed by atoms with Gasteiger partial charge in [0.1, 0.15) is 5.75 Å². The van der Waals surface area contributed by atoms with Gasteiger partial charge in [0, 0.05) is 18.8 Å². The molecule has 3 rings (SSSR count). The Balaban J connectivity index is 1.43. The number of nitrogens with zero attached hydrogens (tertiary/aromatic N) is 2. The van der Waals surface area contributed by atoms with Crippen molar-refractivity contribution in [3.8, 4) is 5.75 Å². The molecule has 7 heteroatoms. The second-order valence-corrected chi connectivity index (χ2v) is 7.42. The third-order valence-electron chi connectivity index (χ3n) is 4.86. The minimum absolute atomic E-state index is 0.0996. The maximum atomic E-state index is 12.3. The SMILES string of the molecule is CN(CC(=O)Nc1ccc(CN2CCCC2)cc1)Cc1ccc(OC(F)F)cc1. The third kappa shape index (κ3) is 7.11. The molecule has 0 atom stereocenters. The predicted molar refractivity (Wildman–Crippen MR) is 109 cm³/mol. The minimum atomic E-state index is -2.83. The van der Waals surface area contributed by atoms with Gasteiger partial charge in [-0.15, -0.1) is 0 Å². The molecule has 1 N–H and O–H groups in total. The first-order valence-corrected chi connectivity index (χ1v) is 9.81. The number of benzene rings is 2.